The van der Waals surface area contributed by atoms with Gasteiger partial charge in [0.15, 0.2) is 11.5 Å². The van der Waals surface area contributed by atoms with E-state index < -0.39 is 0 Å². The van der Waals surface area contributed by atoms with Crippen LogP contribution < -0.4 is 0 Å². The van der Waals surface area contributed by atoms with Crippen molar-refractivity contribution in [1.29, 1.82) is 0 Å². The molecule has 0 amide bonds. The summed E-state index contributed by atoms with van der Waals surface area (Å²) in [5, 5.41) is 3.98. The van der Waals surface area contributed by atoms with Gasteiger partial charge in [0.2, 0.25) is 0 Å². The molecule has 4 heteroatoms. The lowest BCUT2D eigenvalue weighted by Gasteiger charge is -2.01. The van der Waals surface area contributed by atoms with E-state index in [1.54, 1.807) is 0 Å². The molecule has 20 heavy (non-hydrogen) atoms. The summed E-state index contributed by atoms with van der Waals surface area (Å²) in [7, 11) is 0. The van der Waals surface area contributed by atoms with Crippen molar-refractivity contribution in [2.24, 2.45) is 11.1 Å². The Kier molecular flexibility index (Phi) is 5.16. The first kappa shape index (κ1) is 14.6. The molecule has 0 fully saturated rings. The second-order valence-corrected chi connectivity index (χ2v) is 5.42. The molecule has 1 heterocycles. The summed E-state index contributed by atoms with van der Waals surface area (Å²) in [5.41, 5.74) is 2.72. The van der Waals surface area contributed by atoms with Gasteiger partial charge in [-0.15, -0.1) is 0 Å². The molecule has 0 aliphatic heterocycles. The topological polar surface area (TPSA) is 47.6 Å². The Morgan fingerprint density at radius 1 is 1.40 bits per heavy atom. The minimum Gasteiger partial charge on any atom is -0.441 e. The van der Waals surface area contributed by atoms with Gasteiger partial charge in [-0.2, -0.15) is 0 Å². The molecule has 0 saturated heterocycles. The Morgan fingerprint density at radius 3 is 3.05 bits per heavy atom. The molecule has 0 unspecified atom stereocenters. The number of benzene rings is 1. The molecule has 0 radical (unpaired) electrons. The molecule has 4 nitrogen and oxygen atoms in total. The van der Waals surface area contributed by atoms with Crippen molar-refractivity contribution in [1.82, 2.24) is 4.98 Å². The van der Waals surface area contributed by atoms with Gasteiger partial charge in [-0.1, -0.05) is 31.5 Å². The fourth-order valence-electron chi connectivity index (χ4n) is 2.01. The van der Waals surface area contributed by atoms with Crippen molar-refractivity contribution in [3.63, 3.8) is 0 Å². The molecule has 2 aromatic rings. The summed E-state index contributed by atoms with van der Waals surface area (Å²) in [6, 6.07) is 5.86. The van der Waals surface area contributed by atoms with Crippen molar-refractivity contribution in [2.75, 3.05) is 0 Å². The van der Waals surface area contributed by atoms with Gasteiger partial charge in [0.05, 0.1) is 0 Å². The predicted molar refractivity (Wildman–Crippen MR) is 80.7 cm³/mol. The van der Waals surface area contributed by atoms with E-state index in [0.29, 0.717) is 12.5 Å². The third kappa shape index (κ3) is 4.37. The summed E-state index contributed by atoms with van der Waals surface area (Å²) in [6.45, 7) is 6.77. The molecular weight excluding hydrogens is 252 g/mol. The fraction of sp³-hybridized carbons (Fsp3) is 0.500. The highest BCUT2D eigenvalue weighted by Gasteiger charge is 2.03. The van der Waals surface area contributed by atoms with Gasteiger partial charge < -0.3 is 9.25 Å². The van der Waals surface area contributed by atoms with E-state index in [2.05, 4.69) is 24.0 Å². The zero-order valence-electron chi connectivity index (χ0n) is 12.4. The number of oxime groups is 1. The molecule has 0 spiro atoms. The summed E-state index contributed by atoms with van der Waals surface area (Å²) in [4.78, 5) is 9.59. The number of rotatable bonds is 7. The SMILES string of the molecule is Cc1nc2cc(CO/N=C/CCCC(C)C)ccc2o1. The van der Waals surface area contributed by atoms with Crippen LogP contribution in [0, 0.1) is 12.8 Å². The van der Waals surface area contributed by atoms with Gasteiger partial charge in [-0.25, -0.2) is 4.98 Å². The highest BCUT2D eigenvalue weighted by atomic mass is 16.6. The Morgan fingerprint density at radius 2 is 2.25 bits per heavy atom. The molecule has 0 saturated carbocycles. The van der Waals surface area contributed by atoms with Crippen LogP contribution in [0.25, 0.3) is 11.1 Å². The van der Waals surface area contributed by atoms with Gasteiger partial charge in [0.25, 0.3) is 0 Å². The standard InChI is InChI=1S/C16H22N2O2/c1-12(2)6-4-5-9-17-19-11-14-7-8-16-15(10-14)18-13(3)20-16/h7-10,12H,4-6,11H2,1-3H3/b17-9+. The van der Waals surface area contributed by atoms with Crippen LogP contribution in [-0.4, -0.2) is 11.2 Å². The Hall–Kier alpha value is -1.84. The first-order valence-electron chi connectivity index (χ1n) is 7.15. The van der Waals surface area contributed by atoms with Crippen molar-refractivity contribution >= 4 is 17.3 Å². The van der Waals surface area contributed by atoms with E-state index in [-0.39, 0.29) is 0 Å². The summed E-state index contributed by atoms with van der Waals surface area (Å²) < 4.78 is 5.43. The van der Waals surface area contributed by atoms with Gasteiger partial charge >= 0.3 is 0 Å². The van der Waals surface area contributed by atoms with E-state index in [4.69, 9.17) is 9.25 Å². The van der Waals surface area contributed by atoms with Crippen LogP contribution >= 0.6 is 0 Å². The first-order valence-corrected chi connectivity index (χ1v) is 7.15. The number of unbranched alkanes of at least 4 members (excludes halogenated alkanes) is 1. The lowest BCUT2D eigenvalue weighted by atomic mass is 10.1. The fourth-order valence-corrected chi connectivity index (χ4v) is 2.01. The second kappa shape index (κ2) is 7.08. The first-order chi connectivity index (χ1) is 9.65. The van der Waals surface area contributed by atoms with Crippen molar-refractivity contribution in [3.05, 3.63) is 29.7 Å². The minimum atomic E-state index is 0.461. The summed E-state index contributed by atoms with van der Waals surface area (Å²) >= 11 is 0. The molecular formula is C16H22N2O2. The maximum Gasteiger partial charge on any atom is 0.192 e. The van der Waals surface area contributed by atoms with Crippen molar-refractivity contribution in [3.8, 4) is 0 Å². The second-order valence-electron chi connectivity index (χ2n) is 5.42. The van der Waals surface area contributed by atoms with Crippen molar-refractivity contribution < 1.29 is 9.25 Å². The molecule has 0 N–H and O–H groups in total. The Labute approximate surface area is 119 Å². The van der Waals surface area contributed by atoms with E-state index in [1.807, 2.05) is 31.3 Å². The van der Waals surface area contributed by atoms with E-state index in [1.165, 1.54) is 6.42 Å². The number of hydrogen-bond donors (Lipinski definition) is 0. The zero-order chi connectivity index (χ0) is 14.4. The molecule has 0 aliphatic carbocycles. The van der Waals surface area contributed by atoms with Crippen molar-refractivity contribution in [2.45, 2.75) is 46.6 Å². The minimum absolute atomic E-state index is 0.461. The molecule has 0 aliphatic rings. The third-order valence-corrected chi connectivity index (χ3v) is 3.05. The smallest absolute Gasteiger partial charge is 0.192 e. The van der Waals surface area contributed by atoms with Crippen LogP contribution in [0.1, 0.15) is 44.6 Å². The van der Waals surface area contributed by atoms with Crippen LogP contribution in [0.4, 0.5) is 0 Å². The monoisotopic (exact) mass is 274 g/mol. The lowest BCUT2D eigenvalue weighted by Crippen LogP contribution is -1.89. The summed E-state index contributed by atoms with van der Waals surface area (Å²) in [6.07, 6.45) is 5.21. The van der Waals surface area contributed by atoms with Gasteiger partial charge in [0, 0.05) is 13.1 Å². The van der Waals surface area contributed by atoms with Gasteiger partial charge in [0.1, 0.15) is 12.1 Å². The number of aryl methyl sites for hydroxylation is 1. The molecule has 2 rings (SSSR count). The highest BCUT2D eigenvalue weighted by molar-refractivity contribution is 5.73. The Balaban J connectivity index is 1.76. The molecule has 0 bridgehead atoms. The number of aromatic nitrogens is 1. The van der Waals surface area contributed by atoms with E-state index in [0.717, 1.165) is 35.4 Å². The van der Waals surface area contributed by atoms with E-state index >= 15 is 0 Å². The predicted octanol–water partition coefficient (Wildman–Crippen LogP) is 4.46. The number of fused-ring (bicyclic) bond motifs is 1. The van der Waals surface area contributed by atoms with Crippen LogP contribution in [0.3, 0.4) is 0 Å². The van der Waals surface area contributed by atoms with Gasteiger partial charge in [-0.3, -0.25) is 0 Å². The largest absolute Gasteiger partial charge is 0.441 e. The molecule has 108 valence electrons. The number of hydrogen-bond acceptors (Lipinski definition) is 4. The summed E-state index contributed by atoms with van der Waals surface area (Å²) in [5.74, 6) is 1.43. The third-order valence-electron chi connectivity index (χ3n) is 3.05. The molecule has 0 atom stereocenters. The number of oxazole rings is 1. The Bertz CT molecular complexity index is 573. The van der Waals surface area contributed by atoms with Crippen LogP contribution in [-0.2, 0) is 11.4 Å². The zero-order valence-corrected chi connectivity index (χ0v) is 12.4. The average Bonchev–Trinajstić information content (AvgIpc) is 2.76. The van der Waals surface area contributed by atoms with Gasteiger partial charge in [-0.05, 0) is 36.5 Å². The van der Waals surface area contributed by atoms with Crippen LogP contribution in [0.15, 0.2) is 27.8 Å². The van der Waals surface area contributed by atoms with E-state index in [9.17, 15) is 0 Å². The normalized spacial score (nSPS) is 11.8. The quantitative estimate of drug-likeness (QED) is 0.425. The molecule has 1 aromatic heterocycles. The molecule has 1 aromatic carbocycles. The number of nitrogens with zero attached hydrogens (tertiary/aromatic N) is 2. The van der Waals surface area contributed by atoms with Crippen LogP contribution in [0.5, 0.6) is 0 Å². The highest BCUT2D eigenvalue weighted by Crippen LogP contribution is 2.17. The lowest BCUT2D eigenvalue weighted by molar-refractivity contribution is 0.131. The maximum atomic E-state index is 5.43. The maximum absolute atomic E-state index is 5.43. The average molecular weight is 274 g/mol. The van der Waals surface area contributed by atoms with Crippen LogP contribution in [0.2, 0.25) is 0 Å².